The van der Waals surface area contributed by atoms with Crippen molar-refractivity contribution in [1.29, 1.82) is 0 Å². The van der Waals surface area contributed by atoms with Crippen molar-refractivity contribution in [3.05, 3.63) is 68.8 Å². The molecule has 38 heavy (non-hydrogen) atoms. The van der Waals surface area contributed by atoms with Crippen LogP contribution >= 0.6 is 22.6 Å². The van der Waals surface area contributed by atoms with Gasteiger partial charge in [0.25, 0.3) is 0 Å². The van der Waals surface area contributed by atoms with Gasteiger partial charge >= 0.3 is 0 Å². The first-order valence-electron chi connectivity index (χ1n) is 13.0. The van der Waals surface area contributed by atoms with E-state index in [1.165, 1.54) is 12.1 Å². The number of nitrogens with one attached hydrogen (secondary N) is 2. The normalized spacial score (nSPS) is 17.9. The van der Waals surface area contributed by atoms with E-state index in [-0.39, 0.29) is 43.9 Å². The van der Waals surface area contributed by atoms with E-state index in [0.717, 1.165) is 28.0 Å². The van der Waals surface area contributed by atoms with Crippen molar-refractivity contribution >= 4 is 34.4 Å². The Morgan fingerprint density at radius 1 is 1.18 bits per heavy atom. The molecule has 2 aromatic rings. The van der Waals surface area contributed by atoms with Gasteiger partial charge in [-0.3, -0.25) is 14.5 Å². The summed E-state index contributed by atoms with van der Waals surface area (Å²) in [6.45, 7) is 6.17. The van der Waals surface area contributed by atoms with Gasteiger partial charge in [0.2, 0.25) is 11.8 Å². The third kappa shape index (κ3) is 9.55. The predicted molar refractivity (Wildman–Crippen MR) is 151 cm³/mol. The van der Waals surface area contributed by atoms with E-state index >= 15 is 0 Å². The Kier molecular flexibility index (Phi) is 11.9. The fourth-order valence-electron chi connectivity index (χ4n) is 4.73. The van der Waals surface area contributed by atoms with Crippen molar-refractivity contribution in [1.82, 2.24) is 20.4 Å². The largest absolute Gasteiger partial charge is 0.390 e. The molecule has 10 heteroatoms. The molecule has 1 heterocycles. The van der Waals surface area contributed by atoms with E-state index in [2.05, 4.69) is 40.1 Å². The fraction of sp³-hybridized carbons (Fsp3) is 0.500. The Morgan fingerprint density at radius 2 is 1.92 bits per heavy atom. The summed E-state index contributed by atoms with van der Waals surface area (Å²) in [7, 11) is 0. The molecule has 208 valence electrons. The highest BCUT2D eigenvalue weighted by Gasteiger charge is 2.31. The Balaban J connectivity index is 1.62. The highest BCUT2D eigenvalue weighted by atomic mass is 127. The van der Waals surface area contributed by atoms with Crippen LogP contribution < -0.4 is 10.6 Å². The molecule has 0 saturated carbocycles. The van der Waals surface area contributed by atoms with Gasteiger partial charge in [-0.1, -0.05) is 25.5 Å². The molecule has 1 fully saturated rings. The maximum absolute atomic E-state index is 13.8. The SMILES string of the molecule is CCCCN1C(=O)CN(CC(=O)N[C@@H](Cc2cc(F)cc(F)c2)[C@H](O)CNCc2cccc(I)c2)C[C@@H]1C. The number of piperazine rings is 1. The molecule has 0 aliphatic carbocycles. The number of hydrogen-bond donors (Lipinski definition) is 3. The van der Waals surface area contributed by atoms with Crippen LogP contribution in [0, 0.1) is 15.2 Å². The molecular weight excluding hydrogens is 605 g/mol. The van der Waals surface area contributed by atoms with E-state index in [1.807, 2.05) is 36.1 Å². The molecule has 1 saturated heterocycles. The summed E-state index contributed by atoms with van der Waals surface area (Å²) in [6, 6.07) is 10.3. The molecular formula is C28H37F2IN4O3. The lowest BCUT2D eigenvalue weighted by atomic mass is 10.0. The van der Waals surface area contributed by atoms with E-state index < -0.39 is 23.8 Å². The summed E-state index contributed by atoms with van der Waals surface area (Å²) in [6.07, 6.45) is 0.974. The number of nitrogens with zero attached hydrogens (tertiary/aromatic N) is 2. The van der Waals surface area contributed by atoms with E-state index in [9.17, 15) is 23.5 Å². The number of hydrogen-bond acceptors (Lipinski definition) is 5. The van der Waals surface area contributed by atoms with Crippen LogP contribution in [0.25, 0.3) is 0 Å². The zero-order chi connectivity index (χ0) is 27.7. The van der Waals surface area contributed by atoms with Crippen LogP contribution in [0.2, 0.25) is 0 Å². The number of rotatable bonds is 13. The van der Waals surface area contributed by atoms with Gasteiger partial charge in [-0.15, -0.1) is 0 Å². The number of aliphatic hydroxyl groups excluding tert-OH is 1. The third-order valence-electron chi connectivity index (χ3n) is 6.61. The number of halogens is 3. The second-order valence-corrected chi connectivity index (χ2v) is 11.2. The van der Waals surface area contributed by atoms with Gasteiger partial charge in [0.05, 0.1) is 25.2 Å². The standard InChI is InChI=1S/C28H37F2IN4O3/c1-3-4-8-35-19(2)16-34(18-28(35)38)17-27(37)33-25(12-21-9-22(29)13-23(30)10-21)26(36)15-32-14-20-6-5-7-24(31)11-20/h5-7,9-11,13,19,25-26,32,36H,3-4,8,12,14-18H2,1-2H3,(H,33,37)/t19-,25-,26+/m0/s1. The molecule has 1 aliphatic rings. The minimum atomic E-state index is -1.01. The molecule has 2 amide bonds. The highest BCUT2D eigenvalue weighted by Crippen LogP contribution is 2.14. The van der Waals surface area contributed by atoms with Crippen molar-refractivity contribution in [3.63, 3.8) is 0 Å². The second-order valence-electron chi connectivity index (χ2n) is 9.94. The number of carbonyl (C=O) groups is 2. The van der Waals surface area contributed by atoms with Gasteiger partial charge in [0.1, 0.15) is 11.6 Å². The summed E-state index contributed by atoms with van der Waals surface area (Å²) in [4.78, 5) is 29.3. The van der Waals surface area contributed by atoms with Crippen LogP contribution in [0.1, 0.15) is 37.8 Å². The molecule has 7 nitrogen and oxygen atoms in total. The average molecular weight is 643 g/mol. The zero-order valence-electron chi connectivity index (χ0n) is 21.9. The van der Waals surface area contributed by atoms with Gasteiger partial charge in [0, 0.05) is 41.9 Å². The monoisotopic (exact) mass is 642 g/mol. The topological polar surface area (TPSA) is 84.9 Å². The van der Waals surface area contributed by atoms with E-state index in [1.54, 1.807) is 4.90 Å². The first-order valence-corrected chi connectivity index (χ1v) is 14.1. The molecule has 0 aromatic heterocycles. The summed E-state index contributed by atoms with van der Waals surface area (Å²) in [5, 5.41) is 17.0. The Morgan fingerprint density at radius 3 is 2.58 bits per heavy atom. The van der Waals surface area contributed by atoms with Crippen LogP contribution in [0.5, 0.6) is 0 Å². The second kappa shape index (κ2) is 14.9. The van der Waals surface area contributed by atoms with Crippen molar-refractivity contribution < 1.29 is 23.5 Å². The molecule has 0 spiro atoms. The minimum Gasteiger partial charge on any atom is -0.390 e. The van der Waals surface area contributed by atoms with Crippen LogP contribution in [0.3, 0.4) is 0 Å². The zero-order valence-corrected chi connectivity index (χ0v) is 24.1. The number of benzene rings is 2. The number of unbranched alkanes of at least 4 members (excludes halogenated alkanes) is 1. The molecule has 3 rings (SSSR count). The van der Waals surface area contributed by atoms with E-state index in [0.29, 0.717) is 25.2 Å². The van der Waals surface area contributed by atoms with Crippen LogP contribution in [0.4, 0.5) is 8.78 Å². The summed E-state index contributed by atoms with van der Waals surface area (Å²) < 4.78 is 28.7. The summed E-state index contributed by atoms with van der Waals surface area (Å²) >= 11 is 2.23. The quantitative estimate of drug-likeness (QED) is 0.293. The summed E-state index contributed by atoms with van der Waals surface area (Å²) in [5.41, 5.74) is 1.38. The Labute approximate surface area is 237 Å². The van der Waals surface area contributed by atoms with Gasteiger partial charge in [-0.25, -0.2) is 8.78 Å². The molecule has 3 atom stereocenters. The minimum absolute atomic E-state index is 0.00231. The highest BCUT2D eigenvalue weighted by molar-refractivity contribution is 14.1. The molecule has 2 aromatic carbocycles. The molecule has 3 N–H and O–H groups in total. The van der Waals surface area contributed by atoms with Crippen molar-refractivity contribution in [2.24, 2.45) is 0 Å². The van der Waals surface area contributed by atoms with Crippen LogP contribution in [-0.4, -0.2) is 77.6 Å². The van der Waals surface area contributed by atoms with Gasteiger partial charge in [-0.2, -0.15) is 0 Å². The Hall–Kier alpha value is -2.15. The molecule has 0 radical (unpaired) electrons. The van der Waals surface area contributed by atoms with Crippen molar-refractivity contribution in [2.75, 3.05) is 32.7 Å². The number of amides is 2. The fourth-order valence-corrected chi connectivity index (χ4v) is 5.34. The van der Waals surface area contributed by atoms with Gasteiger partial charge in [0.15, 0.2) is 0 Å². The van der Waals surface area contributed by atoms with Crippen LogP contribution in [-0.2, 0) is 22.6 Å². The molecule has 0 unspecified atom stereocenters. The third-order valence-corrected chi connectivity index (χ3v) is 7.28. The van der Waals surface area contributed by atoms with Crippen molar-refractivity contribution in [3.8, 4) is 0 Å². The maximum atomic E-state index is 13.8. The van der Waals surface area contributed by atoms with E-state index in [4.69, 9.17) is 0 Å². The predicted octanol–water partition coefficient (Wildman–Crippen LogP) is 3.08. The van der Waals surface area contributed by atoms with Gasteiger partial charge < -0.3 is 20.6 Å². The Bertz CT molecular complexity index is 1070. The lowest BCUT2D eigenvalue weighted by Crippen LogP contribution is -2.58. The lowest BCUT2D eigenvalue weighted by Gasteiger charge is -2.39. The number of carbonyl (C=O) groups excluding carboxylic acids is 2. The number of aliphatic hydroxyl groups is 1. The molecule has 0 bridgehead atoms. The smallest absolute Gasteiger partial charge is 0.237 e. The first kappa shape index (κ1) is 30.4. The summed E-state index contributed by atoms with van der Waals surface area (Å²) in [5.74, 6) is -1.79. The average Bonchev–Trinajstić information content (AvgIpc) is 2.82. The van der Waals surface area contributed by atoms with Gasteiger partial charge in [-0.05, 0) is 77.7 Å². The van der Waals surface area contributed by atoms with Crippen molar-refractivity contribution in [2.45, 2.75) is 57.8 Å². The molecule has 1 aliphatic heterocycles. The van der Waals surface area contributed by atoms with Crippen LogP contribution in [0.15, 0.2) is 42.5 Å². The lowest BCUT2D eigenvalue weighted by molar-refractivity contribution is -0.140. The maximum Gasteiger partial charge on any atom is 0.237 e. The first-order chi connectivity index (χ1) is 18.1.